The largest absolute Gasteiger partial charge is 0.324 e. The highest BCUT2D eigenvalue weighted by Gasteiger charge is 2.19. The van der Waals surface area contributed by atoms with Gasteiger partial charge in [0.25, 0.3) is 0 Å². The number of hydrogen-bond donors (Lipinski definition) is 1. The standard InChI is InChI=1S/C9H14N2OS/c1-9(2,3)7-5-13-8(11-7)6(12)4-10/h5H,4,10H2,1-3H3. The van der Waals surface area contributed by atoms with Crippen LogP contribution in [0.1, 0.15) is 36.3 Å². The van der Waals surface area contributed by atoms with E-state index in [9.17, 15) is 4.79 Å². The van der Waals surface area contributed by atoms with Crippen LogP contribution in [0.25, 0.3) is 0 Å². The molecule has 13 heavy (non-hydrogen) atoms. The summed E-state index contributed by atoms with van der Waals surface area (Å²) in [5, 5.41) is 2.44. The van der Waals surface area contributed by atoms with Crippen LogP contribution < -0.4 is 5.73 Å². The summed E-state index contributed by atoms with van der Waals surface area (Å²) in [6, 6.07) is 0. The molecule has 0 aliphatic carbocycles. The number of ketones is 1. The van der Waals surface area contributed by atoms with Crippen molar-refractivity contribution < 1.29 is 4.79 Å². The Morgan fingerprint density at radius 3 is 2.62 bits per heavy atom. The number of aromatic nitrogens is 1. The van der Waals surface area contributed by atoms with Crippen LogP contribution in [0.5, 0.6) is 0 Å². The summed E-state index contributed by atoms with van der Waals surface area (Å²) in [4.78, 5) is 15.4. The first-order valence-electron chi connectivity index (χ1n) is 4.14. The quantitative estimate of drug-likeness (QED) is 0.734. The van der Waals surface area contributed by atoms with Gasteiger partial charge in [-0.15, -0.1) is 11.3 Å². The Morgan fingerprint density at radius 1 is 1.62 bits per heavy atom. The molecule has 0 aromatic carbocycles. The highest BCUT2D eigenvalue weighted by molar-refractivity contribution is 7.11. The van der Waals surface area contributed by atoms with E-state index in [4.69, 9.17) is 5.73 Å². The van der Waals surface area contributed by atoms with Crippen LogP contribution >= 0.6 is 11.3 Å². The van der Waals surface area contributed by atoms with Crippen molar-refractivity contribution in [2.75, 3.05) is 6.54 Å². The van der Waals surface area contributed by atoms with E-state index in [0.29, 0.717) is 5.01 Å². The Labute approximate surface area is 82.0 Å². The van der Waals surface area contributed by atoms with Crippen molar-refractivity contribution in [3.05, 3.63) is 16.1 Å². The summed E-state index contributed by atoms with van der Waals surface area (Å²) < 4.78 is 0. The zero-order valence-corrected chi connectivity index (χ0v) is 8.94. The van der Waals surface area contributed by atoms with Gasteiger partial charge in [0, 0.05) is 10.8 Å². The summed E-state index contributed by atoms with van der Waals surface area (Å²) >= 11 is 1.37. The lowest BCUT2D eigenvalue weighted by Gasteiger charge is -2.13. The molecule has 4 heteroatoms. The number of rotatable bonds is 2. The van der Waals surface area contributed by atoms with Gasteiger partial charge in [0.05, 0.1) is 12.2 Å². The fourth-order valence-electron chi connectivity index (χ4n) is 0.834. The molecule has 3 nitrogen and oxygen atoms in total. The molecule has 0 aliphatic heterocycles. The van der Waals surface area contributed by atoms with E-state index in [0.717, 1.165) is 5.69 Å². The first kappa shape index (κ1) is 10.3. The minimum atomic E-state index is -0.0829. The van der Waals surface area contributed by atoms with Crippen molar-refractivity contribution in [3.63, 3.8) is 0 Å². The summed E-state index contributed by atoms with van der Waals surface area (Å²) in [5.74, 6) is -0.0829. The number of nitrogens with zero attached hydrogens (tertiary/aromatic N) is 1. The van der Waals surface area contributed by atoms with E-state index in [1.165, 1.54) is 11.3 Å². The Balaban J connectivity index is 2.93. The zero-order chi connectivity index (χ0) is 10.1. The minimum Gasteiger partial charge on any atom is -0.324 e. The Hall–Kier alpha value is -0.740. The van der Waals surface area contributed by atoms with Gasteiger partial charge in [-0.1, -0.05) is 20.8 Å². The molecule has 0 radical (unpaired) electrons. The molecule has 0 unspecified atom stereocenters. The Kier molecular flexibility index (Phi) is 2.83. The van der Waals surface area contributed by atoms with E-state index in [1.807, 2.05) is 5.38 Å². The van der Waals surface area contributed by atoms with Crippen molar-refractivity contribution in [1.82, 2.24) is 4.98 Å². The summed E-state index contributed by atoms with van der Waals surface area (Å²) in [6.45, 7) is 6.24. The van der Waals surface area contributed by atoms with Gasteiger partial charge >= 0.3 is 0 Å². The maximum absolute atomic E-state index is 11.2. The van der Waals surface area contributed by atoms with Crippen LogP contribution in [0.2, 0.25) is 0 Å². The van der Waals surface area contributed by atoms with Crippen LogP contribution in [0.4, 0.5) is 0 Å². The third-order valence-corrected chi connectivity index (χ3v) is 2.58. The summed E-state index contributed by atoms with van der Waals surface area (Å²) in [5.41, 5.74) is 6.20. The van der Waals surface area contributed by atoms with Crippen LogP contribution in [0.3, 0.4) is 0 Å². The molecule has 0 aliphatic rings. The SMILES string of the molecule is CC(C)(C)c1csc(C(=O)CN)n1. The maximum atomic E-state index is 11.2. The van der Waals surface area contributed by atoms with Crippen LogP contribution in [-0.4, -0.2) is 17.3 Å². The van der Waals surface area contributed by atoms with Gasteiger partial charge in [-0.05, 0) is 0 Å². The molecule has 1 heterocycles. The number of thiazole rings is 1. The number of Topliss-reactive ketones (excluding diaryl/α,β-unsaturated/α-hetero) is 1. The second-order valence-electron chi connectivity index (χ2n) is 3.92. The second kappa shape index (κ2) is 3.55. The lowest BCUT2D eigenvalue weighted by atomic mass is 9.93. The van der Waals surface area contributed by atoms with Crippen molar-refractivity contribution in [3.8, 4) is 0 Å². The van der Waals surface area contributed by atoms with Crippen LogP contribution in [0.15, 0.2) is 5.38 Å². The highest BCUT2D eigenvalue weighted by atomic mass is 32.1. The van der Waals surface area contributed by atoms with Gasteiger partial charge < -0.3 is 5.73 Å². The molecule has 0 bridgehead atoms. The number of carbonyl (C=O) groups excluding carboxylic acids is 1. The van der Waals surface area contributed by atoms with Gasteiger partial charge in [-0.25, -0.2) is 4.98 Å². The first-order valence-corrected chi connectivity index (χ1v) is 5.02. The predicted molar refractivity (Wildman–Crippen MR) is 54.2 cm³/mol. The molecule has 1 aromatic heterocycles. The molecule has 2 N–H and O–H groups in total. The van der Waals surface area contributed by atoms with E-state index in [-0.39, 0.29) is 17.7 Å². The molecule has 72 valence electrons. The molecular weight excluding hydrogens is 184 g/mol. The van der Waals surface area contributed by atoms with Crippen molar-refractivity contribution in [2.45, 2.75) is 26.2 Å². The maximum Gasteiger partial charge on any atom is 0.204 e. The van der Waals surface area contributed by atoms with E-state index in [1.54, 1.807) is 0 Å². The number of nitrogens with two attached hydrogens (primary N) is 1. The Bertz CT molecular complexity index is 312. The van der Waals surface area contributed by atoms with Gasteiger partial charge in [-0.2, -0.15) is 0 Å². The highest BCUT2D eigenvalue weighted by Crippen LogP contribution is 2.23. The van der Waals surface area contributed by atoms with Gasteiger partial charge in [0.1, 0.15) is 0 Å². The number of hydrogen-bond acceptors (Lipinski definition) is 4. The van der Waals surface area contributed by atoms with E-state index >= 15 is 0 Å². The fraction of sp³-hybridized carbons (Fsp3) is 0.556. The van der Waals surface area contributed by atoms with Crippen molar-refractivity contribution >= 4 is 17.1 Å². The average Bonchev–Trinajstić information content (AvgIpc) is 2.50. The van der Waals surface area contributed by atoms with Gasteiger partial charge in [-0.3, -0.25) is 4.79 Å². The molecule has 0 saturated heterocycles. The predicted octanol–water partition coefficient (Wildman–Crippen LogP) is 1.58. The molecule has 1 aromatic rings. The molecule has 1 rings (SSSR count). The fourth-order valence-corrected chi connectivity index (χ4v) is 1.83. The smallest absolute Gasteiger partial charge is 0.204 e. The lowest BCUT2D eigenvalue weighted by Crippen LogP contribution is -2.15. The van der Waals surface area contributed by atoms with Crippen LogP contribution in [0, 0.1) is 0 Å². The molecule has 0 atom stereocenters. The lowest BCUT2D eigenvalue weighted by molar-refractivity contribution is 0.100. The molecule has 0 amide bonds. The third-order valence-electron chi connectivity index (χ3n) is 1.70. The third kappa shape index (κ3) is 2.35. The average molecular weight is 198 g/mol. The van der Waals surface area contributed by atoms with Gasteiger partial charge in [0.15, 0.2) is 5.01 Å². The zero-order valence-electron chi connectivity index (χ0n) is 8.13. The minimum absolute atomic E-state index is 0.00360. The normalized spacial score (nSPS) is 11.7. The molecule has 0 saturated carbocycles. The van der Waals surface area contributed by atoms with E-state index < -0.39 is 0 Å². The molecule has 0 spiro atoms. The van der Waals surface area contributed by atoms with Crippen molar-refractivity contribution in [2.24, 2.45) is 5.73 Å². The summed E-state index contributed by atoms with van der Waals surface area (Å²) in [7, 11) is 0. The van der Waals surface area contributed by atoms with Crippen LogP contribution in [-0.2, 0) is 5.41 Å². The van der Waals surface area contributed by atoms with Crippen molar-refractivity contribution in [1.29, 1.82) is 0 Å². The first-order chi connectivity index (χ1) is 5.95. The monoisotopic (exact) mass is 198 g/mol. The van der Waals surface area contributed by atoms with Gasteiger partial charge in [0.2, 0.25) is 5.78 Å². The number of carbonyl (C=O) groups is 1. The summed E-state index contributed by atoms with van der Waals surface area (Å²) in [6.07, 6.45) is 0. The molecular formula is C9H14N2OS. The van der Waals surface area contributed by atoms with E-state index in [2.05, 4.69) is 25.8 Å². The topological polar surface area (TPSA) is 56.0 Å². The second-order valence-corrected chi connectivity index (χ2v) is 4.77. The Morgan fingerprint density at radius 2 is 2.23 bits per heavy atom. The molecule has 0 fully saturated rings.